The summed E-state index contributed by atoms with van der Waals surface area (Å²) < 4.78 is 60.2. The van der Waals surface area contributed by atoms with E-state index in [1.54, 1.807) is 28.4 Å². The number of benzene rings is 6. The van der Waals surface area contributed by atoms with Gasteiger partial charge in [-0.3, -0.25) is 0 Å². The summed E-state index contributed by atoms with van der Waals surface area (Å²) in [7, 11) is 2.06. The Kier molecular flexibility index (Phi) is 13.1. The van der Waals surface area contributed by atoms with Crippen LogP contribution in [0.25, 0.3) is 21.8 Å². The molecule has 0 aliphatic carbocycles. The first-order chi connectivity index (χ1) is 26.6. The first kappa shape index (κ1) is 41.3. The predicted molar refractivity (Wildman–Crippen MR) is 219 cm³/mol. The molecule has 0 amide bonds. The van der Waals surface area contributed by atoms with Crippen LogP contribution in [0.5, 0.6) is 23.0 Å². The smallest absolute Gasteiger partial charge is 0.748 e. The monoisotopic (exact) mass is 841 g/mol. The van der Waals surface area contributed by atoms with Gasteiger partial charge in [0.2, 0.25) is 0 Å². The van der Waals surface area contributed by atoms with Gasteiger partial charge >= 0.3 is 58.2 Å². The van der Waals surface area contributed by atoms with Crippen LogP contribution in [0.2, 0.25) is 0 Å². The van der Waals surface area contributed by atoms with E-state index in [0.717, 1.165) is 78.9 Å². The molecule has 1 unspecified atom stereocenters. The Labute approximate surface area is 376 Å². The van der Waals surface area contributed by atoms with Crippen molar-refractivity contribution in [3.8, 4) is 23.0 Å². The fourth-order valence-corrected chi connectivity index (χ4v) is 7.26. The van der Waals surface area contributed by atoms with Gasteiger partial charge in [0.05, 0.1) is 49.6 Å². The van der Waals surface area contributed by atoms with Crippen LogP contribution in [0.15, 0.2) is 133 Å². The van der Waals surface area contributed by atoms with Gasteiger partial charge in [-0.1, -0.05) is 12.1 Å². The summed E-state index contributed by atoms with van der Waals surface area (Å²) in [4.78, 5) is 4.29. The molecule has 0 radical (unpaired) electrons. The van der Waals surface area contributed by atoms with Crippen LogP contribution < -0.4 is 86.9 Å². The molecule has 0 aliphatic rings. The van der Waals surface area contributed by atoms with E-state index >= 15 is 0 Å². The van der Waals surface area contributed by atoms with Crippen molar-refractivity contribution in [1.29, 1.82) is 0 Å². The standard InChI is InChI=1S/C44H43N3O7S.Rb/c1-30(55(48,49)50)26-27-45-43-28-35(46(31-6-16-37(51-2)17-7-31)32-8-18-38(52-3)19-9-32)14-24-41(43)42-25-15-36(29-44(42)45)47(33-10-20-39(53-4)21-11-33)34-12-22-40(54-5)23-13-34;/h6-25,28-30H,26-27H2,1-5H3,(H,48,49,50);/q;+1/p-1. The fourth-order valence-electron chi connectivity index (χ4n) is 6.87. The molecule has 1 atom stereocenters. The maximum atomic E-state index is 12.1. The van der Waals surface area contributed by atoms with Crippen molar-refractivity contribution < 1.29 is 90.1 Å². The van der Waals surface area contributed by atoms with Gasteiger partial charge in [0.25, 0.3) is 0 Å². The summed E-state index contributed by atoms with van der Waals surface area (Å²) in [5, 5.41) is 0.914. The van der Waals surface area contributed by atoms with Gasteiger partial charge in [0.15, 0.2) is 0 Å². The van der Waals surface area contributed by atoms with E-state index < -0.39 is 15.4 Å². The number of hydrogen-bond donors (Lipinski definition) is 0. The predicted octanol–water partition coefficient (Wildman–Crippen LogP) is 7.10. The van der Waals surface area contributed by atoms with Crippen molar-refractivity contribution in [2.24, 2.45) is 0 Å². The Hall–Kier alpha value is -4.36. The number of nitrogens with zero attached hydrogens (tertiary/aromatic N) is 3. The van der Waals surface area contributed by atoms with E-state index in [0.29, 0.717) is 6.54 Å². The maximum Gasteiger partial charge on any atom is 1.00 e. The summed E-state index contributed by atoms with van der Waals surface area (Å²) in [5.41, 5.74) is 7.21. The summed E-state index contributed by atoms with van der Waals surface area (Å²) in [6.45, 7) is 1.77. The van der Waals surface area contributed by atoms with Crippen LogP contribution in [-0.4, -0.2) is 51.2 Å². The maximum absolute atomic E-state index is 12.1. The van der Waals surface area contributed by atoms with Crippen molar-refractivity contribution in [3.63, 3.8) is 0 Å². The molecule has 282 valence electrons. The Morgan fingerprint density at radius 3 is 1.07 bits per heavy atom. The second kappa shape index (κ2) is 17.8. The fraction of sp³-hybridized carbons (Fsp3) is 0.182. The van der Waals surface area contributed by atoms with Crippen molar-refractivity contribution in [2.75, 3.05) is 38.2 Å². The second-order valence-corrected chi connectivity index (χ2v) is 14.9. The van der Waals surface area contributed by atoms with Crippen molar-refractivity contribution >= 4 is 66.0 Å². The summed E-state index contributed by atoms with van der Waals surface area (Å²) >= 11 is 0. The van der Waals surface area contributed by atoms with Gasteiger partial charge in [0, 0.05) is 56.7 Å². The Morgan fingerprint density at radius 2 is 0.804 bits per heavy atom. The minimum absolute atomic E-state index is 0. The Morgan fingerprint density at radius 1 is 0.518 bits per heavy atom. The molecule has 0 N–H and O–H groups in total. The number of hydrogen-bond acceptors (Lipinski definition) is 9. The summed E-state index contributed by atoms with van der Waals surface area (Å²) in [6.07, 6.45) is 0.139. The average molecular weight is 842 g/mol. The SMILES string of the molecule is COc1ccc(N(c2ccc(OC)cc2)c2ccc3c4ccc(N(c5ccc(OC)cc5)c5ccc(OC)cc5)cc4n(CCC(C)S(=O)(=O)[O-])c3c2)cc1.[Rb+]. The number of ether oxygens (including phenoxy) is 4. The third-order valence-corrected chi connectivity index (χ3v) is 11.1. The van der Waals surface area contributed by atoms with Crippen LogP contribution >= 0.6 is 0 Å². The Balaban J connectivity index is 0.00000532. The van der Waals surface area contributed by atoms with E-state index in [-0.39, 0.29) is 64.6 Å². The first-order valence-corrected chi connectivity index (χ1v) is 19.3. The van der Waals surface area contributed by atoms with Gasteiger partial charge in [0.1, 0.15) is 23.0 Å². The first-order valence-electron chi connectivity index (χ1n) is 17.8. The van der Waals surface area contributed by atoms with Gasteiger partial charge in [-0.2, -0.15) is 0 Å². The molecule has 12 heteroatoms. The van der Waals surface area contributed by atoms with Crippen molar-refractivity contribution in [1.82, 2.24) is 4.57 Å². The minimum atomic E-state index is -4.49. The molecule has 7 aromatic rings. The van der Waals surface area contributed by atoms with Gasteiger partial charge < -0.3 is 37.9 Å². The molecule has 56 heavy (non-hydrogen) atoms. The van der Waals surface area contributed by atoms with Gasteiger partial charge in [-0.15, -0.1) is 0 Å². The molecule has 7 rings (SSSR count). The number of methoxy groups -OCH3 is 4. The summed E-state index contributed by atoms with van der Waals surface area (Å²) in [6, 6.07) is 44.0. The number of anilines is 6. The van der Waals surface area contributed by atoms with Crippen LogP contribution in [0.4, 0.5) is 34.1 Å². The molecule has 0 bridgehead atoms. The molecular formula is C44H42N3O7RbS. The average Bonchev–Trinajstić information content (AvgIpc) is 3.52. The number of rotatable bonds is 14. The van der Waals surface area contributed by atoms with Gasteiger partial charge in [-0.05, 0) is 135 Å². The molecule has 0 saturated carbocycles. The molecule has 0 spiro atoms. The molecule has 10 nitrogen and oxygen atoms in total. The molecule has 1 heterocycles. The van der Waals surface area contributed by atoms with Crippen molar-refractivity contribution in [2.45, 2.75) is 25.1 Å². The molecule has 1 aromatic heterocycles. The molecule has 0 saturated heterocycles. The molecule has 6 aromatic carbocycles. The zero-order chi connectivity index (χ0) is 38.7. The quantitative estimate of drug-likeness (QED) is 0.106. The minimum Gasteiger partial charge on any atom is -0.748 e. The van der Waals surface area contributed by atoms with E-state index in [2.05, 4.69) is 50.8 Å². The zero-order valence-corrected chi connectivity index (χ0v) is 38.0. The topological polar surface area (TPSA) is 106 Å². The largest absolute Gasteiger partial charge is 1.00 e. The molecular weight excluding hydrogens is 800 g/mol. The third kappa shape index (κ3) is 8.63. The van der Waals surface area contributed by atoms with E-state index in [1.165, 1.54) is 6.92 Å². The van der Waals surface area contributed by atoms with Crippen LogP contribution in [-0.2, 0) is 16.7 Å². The second-order valence-electron chi connectivity index (χ2n) is 13.1. The number of aryl methyl sites for hydroxylation is 1. The molecule has 0 aliphatic heterocycles. The number of fused-ring (bicyclic) bond motifs is 3. The normalized spacial score (nSPS) is 11.8. The third-order valence-electron chi connectivity index (χ3n) is 9.93. The van der Waals surface area contributed by atoms with Crippen LogP contribution in [0.3, 0.4) is 0 Å². The van der Waals surface area contributed by atoms with Crippen LogP contribution in [0, 0.1) is 0 Å². The zero-order valence-electron chi connectivity index (χ0n) is 32.3. The Bertz CT molecular complexity index is 2270. The van der Waals surface area contributed by atoms with E-state index in [4.69, 9.17) is 18.9 Å². The van der Waals surface area contributed by atoms with E-state index in [1.807, 2.05) is 97.1 Å². The summed E-state index contributed by atoms with van der Waals surface area (Å²) in [5.74, 6) is 2.97. The molecule has 0 fully saturated rings. The van der Waals surface area contributed by atoms with E-state index in [9.17, 15) is 13.0 Å². The van der Waals surface area contributed by atoms with Crippen molar-refractivity contribution in [3.05, 3.63) is 133 Å². The van der Waals surface area contributed by atoms with Crippen LogP contribution in [0.1, 0.15) is 13.3 Å². The van der Waals surface area contributed by atoms with Gasteiger partial charge in [-0.25, -0.2) is 8.42 Å². The number of aromatic nitrogens is 1.